The number of anilines is 1. The monoisotopic (exact) mass is 383 g/mol. The van der Waals surface area contributed by atoms with Gasteiger partial charge in [-0.3, -0.25) is 4.79 Å². The highest BCUT2D eigenvalue weighted by Gasteiger charge is 2.26. The third-order valence-electron chi connectivity index (χ3n) is 3.13. The molecule has 0 bridgehead atoms. The van der Waals surface area contributed by atoms with Crippen molar-refractivity contribution in [2.45, 2.75) is 48.5 Å². The lowest BCUT2D eigenvalue weighted by molar-refractivity contribution is -0.130. The minimum Gasteiger partial charge on any atom is -0.491 e. The second-order valence-corrected chi connectivity index (χ2v) is 9.54. The highest BCUT2D eigenvalue weighted by Crippen LogP contribution is 2.32. The first-order valence-electron chi connectivity index (χ1n) is 7.65. The highest BCUT2D eigenvalue weighted by molar-refractivity contribution is 7.93. The lowest BCUT2D eigenvalue weighted by Crippen LogP contribution is -2.36. The van der Waals surface area contributed by atoms with Gasteiger partial charge in [0.1, 0.15) is 15.6 Å². The fraction of sp³-hybridized carbons (Fsp3) is 0.353. The van der Waals surface area contributed by atoms with Crippen LogP contribution in [-0.4, -0.2) is 31.1 Å². The molecule has 0 aliphatic heterocycles. The quantitative estimate of drug-likeness (QED) is 0.800. The molecule has 1 aromatic heterocycles. The molecule has 2 aromatic rings. The lowest BCUT2D eigenvalue weighted by Gasteiger charge is -2.15. The van der Waals surface area contributed by atoms with Gasteiger partial charge >= 0.3 is 0 Å². The molecule has 1 amide bonds. The van der Waals surface area contributed by atoms with E-state index in [1.54, 1.807) is 12.1 Å². The summed E-state index contributed by atoms with van der Waals surface area (Å²) in [5, 5.41) is 12.5. The van der Waals surface area contributed by atoms with Crippen LogP contribution in [0.25, 0.3) is 0 Å². The Kier molecular flexibility index (Phi) is 5.55. The third-order valence-corrected chi connectivity index (χ3v) is 6.37. The SMILES string of the molecule is CC(C)Oc1cccc(S(=O)(=O)c2ccc(NC(=O)C(C)(C)O)s2)c1. The molecule has 25 heavy (non-hydrogen) atoms. The molecule has 6 nitrogen and oxygen atoms in total. The minimum absolute atomic E-state index is 0.0663. The second-order valence-electron chi connectivity index (χ2n) is 6.28. The van der Waals surface area contributed by atoms with Crippen LogP contribution >= 0.6 is 11.3 Å². The maximum absolute atomic E-state index is 12.8. The molecule has 8 heteroatoms. The molecule has 0 radical (unpaired) electrons. The Labute approximate surface area is 151 Å². The van der Waals surface area contributed by atoms with E-state index in [1.807, 2.05) is 13.8 Å². The van der Waals surface area contributed by atoms with Crippen LogP contribution in [0.5, 0.6) is 5.75 Å². The van der Waals surface area contributed by atoms with Gasteiger partial charge in [0.15, 0.2) is 0 Å². The number of nitrogens with one attached hydrogen (secondary N) is 1. The maximum Gasteiger partial charge on any atom is 0.256 e. The Morgan fingerprint density at radius 1 is 1.24 bits per heavy atom. The third kappa shape index (κ3) is 4.81. The number of sulfone groups is 1. The molecule has 0 saturated carbocycles. The molecule has 2 rings (SSSR count). The van der Waals surface area contributed by atoms with Crippen molar-refractivity contribution >= 4 is 32.1 Å². The summed E-state index contributed by atoms with van der Waals surface area (Å²) in [5.41, 5.74) is -1.55. The molecule has 0 unspecified atom stereocenters. The largest absolute Gasteiger partial charge is 0.491 e. The summed E-state index contributed by atoms with van der Waals surface area (Å²) in [4.78, 5) is 11.9. The number of carbonyl (C=O) groups is 1. The summed E-state index contributed by atoms with van der Waals surface area (Å²) < 4.78 is 31.2. The van der Waals surface area contributed by atoms with Crippen LogP contribution in [0.4, 0.5) is 5.00 Å². The molecule has 0 spiro atoms. The van der Waals surface area contributed by atoms with E-state index in [-0.39, 0.29) is 15.2 Å². The van der Waals surface area contributed by atoms with Gasteiger partial charge < -0.3 is 15.2 Å². The first-order valence-corrected chi connectivity index (χ1v) is 9.95. The predicted molar refractivity (Wildman–Crippen MR) is 96.9 cm³/mol. The van der Waals surface area contributed by atoms with E-state index in [9.17, 15) is 18.3 Å². The molecule has 0 fully saturated rings. The van der Waals surface area contributed by atoms with Crippen molar-refractivity contribution in [2.24, 2.45) is 0 Å². The Morgan fingerprint density at radius 3 is 2.52 bits per heavy atom. The van der Waals surface area contributed by atoms with E-state index < -0.39 is 21.3 Å². The molecule has 136 valence electrons. The fourth-order valence-electron chi connectivity index (χ4n) is 1.90. The van der Waals surface area contributed by atoms with Crippen molar-refractivity contribution in [3.05, 3.63) is 36.4 Å². The number of carbonyl (C=O) groups excluding carboxylic acids is 1. The van der Waals surface area contributed by atoms with Crippen LogP contribution in [0.15, 0.2) is 45.5 Å². The van der Waals surface area contributed by atoms with Crippen molar-refractivity contribution in [1.29, 1.82) is 0 Å². The number of ether oxygens (including phenoxy) is 1. The molecule has 0 aliphatic carbocycles. The summed E-state index contributed by atoms with van der Waals surface area (Å²) in [6, 6.07) is 9.21. The topological polar surface area (TPSA) is 92.7 Å². The zero-order valence-corrected chi connectivity index (χ0v) is 16.1. The molecule has 0 atom stereocenters. The molecular formula is C17H21NO5S2. The first-order chi connectivity index (χ1) is 11.5. The summed E-state index contributed by atoms with van der Waals surface area (Å²) in [6.07, 6.45) is -0.0663. The first kappa shape index (κ1) is 19.4. The summed E-state index contributed by atoms with van der Waals surface area (Å²) in [7, 11) is -3.72. The maximum atomic E-state index is 12.8. The Hall–Kier alpha value is -1.90. The smallest absolute Gasteiger partial charge is 0.256 e. The lowest BCUT2D eigenvalue weighted by atomic mass is 10.1. The number of benzene rings is 1. The number of amides is 1. The average molecular weight is 383 g/mol. The summed E-state index contributed by atoms with van der Waals surface area (Å²) >= 11 is 0.927. The Balaban J connectivity index is 2.28. The van der Waals surface area contributed by atoms with Gasteiger partial charge in [-0.25, -0.2) is 8.42 Å². The van der Waals surface area contributed by atoms with E-state index in [0.717, 1.165) is 11.3 Å². The van der Waals surface area contributed by atoms with Gasteiger partial charge in [0.2, 0.25) is 9.84 Å². The molecule has 1 aromatic carbocycles. The molecule has 1 heterocycles. The zero-order chi connectivity index (χ0) is 18.8. The molecule has 0 saturated heterocycles. The van der Waals surface area contributed by atoms with Gasteiger partial charge in [0.05, 0.1) is 16.0 Å². The van der Waals surface area contributed by atoms with Crippen molar-refractivity contribution in [3.8, 4) is 5.75 Å². The minimum atomic E-state index is -3.72. The highest BCUT2D eigenvalue weighted by atomic mass is 32.2. The van der Waals surface area contributed by atoms with Crippen LogP contribution in [-0.2, 0) is 14.6 Å². The molecule has 0 aliphatic rings. The van der Waals surface area contributed by atoms with Crippen LogP contribution in [0.2, 0.25) is 0 Å². The summed E-state index contributed by atoms with van der Waals surface area (Å²) in [5.74, 6) is -0.131. The van der Waals surface area contributed by atoms with Gasteiger partial charge in [-0.1, -0.05) is 6.07 Å². The average Bonchev–Trinajstić information content (AvgIpc) is 2.95. The van der Waals surface area contributed by atoms with Crippen LogP contribution in [0.3, 0.4) is 0 Å². The van der Waals surface area contributed by atoms with E-state index in [2.05, 4.69) is 5.32 Å². The second kappa shape index (κ2) is 7.15. The van der Waals surface area contributed by atoms with Crippen molar-refractivity contribution < 1.29 is 23.1 Å². The van der Waals surface area contributed by atoms with Crippen molar-refractivity contribution in [2.75, 3.05) is 5.32 Å². The van der Waals surface area contributed by atoms with E-state index in [0.29, 0.717) is 10.8 Å². The van der Waals surface area contributed by atoms with Crippen molar-refractivity contribution in [3.63, 3.8) is 0 Å². The van der Waals surface area contributed by atoms with E-state index in [4.69, 9.17) is 4.74 Å². The number of hydrogen-bond donors (Lipinski definition) is 2. The van der Waals surface area contributed by atoms with E-state index >= 15 is 0 Å². The predicted octanol–water partition coefficient (Wildman–Crippen LogP) is 3.08. The zero-order valence-electron chi connectivity index (χ0n) is 14.4. The van der Waals surface area contributed by atoms with E-state index in [1.165, 1.54) is 38.1 Å². The number of aliphatic hydroxyl groups is 1. The Morgan fingerprint density at radius 2 is 1.92 bits per heavy atom. The molecule has 2 N–H and O–H groups in total. The van der Waals surface area contributed by atoms with Crippen LogP contribution < -0.4 is 10.1 Å². The van der Waals surface area contributed by atoms with Gasteiger partial charge in [-0.15, -0.1) is 11.3 Å². The van der Waals surface area contributed by atoms with Gasteiger partial charge in [0, 0.05) is 0 Å². The molecular weight excluding hydrogens is 362 g/mol. The number of rotatable bonds is 6. The van der Waals surface area contributed by atoms with Gasteiger partial charge in [-0.05, 0) is 58.0 Å². The Bertz CT molecular complexity index is 863. The van der Waals surface area contributed by atoms with Gasteiger partial charge in [-0.2, -0.15) is 0 Å². The standard InChI is InChI=1S/C17H21NO5S2/c1-11(2)23-12-6-5-7-13(10-12)25(21,22)15-9-8-14(24-15)18-16(19)17(3,4)20/h5-11,20H,1-4H3,(H,18,19). The fourth-order valence-corrected chi connectivity index (χ4v) is 4.54. The normalized spacial score (nSPS) is 12.2. The number of thiophene rings is 1. The van der Waals surface area contributed by atoms with Gasteiger partial charge in [0.25, 0.3) is 5.91 Å². The number of hydrogen-bond acceptors (Lipinski definition) is 6. The van der Waals surface area contributed by atoms with Crippen molar-refractivity contribution in [1.82, 2.24) is 0 Å². The summed E-state index contributed by atoms with van der Waals surface area (Å²) in [6.45, 7) is 6.43. The van der Waals surface area contributed by atoms with Crippen LogP contribution in [0.1, 0.15) is 27.7 Å². The van der Waals surface area contributed by atoms with Crippen LogP contribution in [0, 0.1) is 0 Å².